The molecule has 178 valence electrons. The van der Waals surface area contributed by atoms with Crippen LogP contribution in [0.4, 0.5) is 13.2 Å². The summed E-state index contributed by atoms with van der Waals surface area (Å²) in [6.07, 6.45) is -3.35. The average Bonchev–Trinajstić information content (AvgIpc) is 2.65. The lowest BCUT2D eigenvalue weighted by molar-refractivity contribution is -0.137. The Labute approximate surface area is 192 Å². The first-order chi connectivity index (χ1) is 14.7. The summed E-state index contributed by atoms with van der Waals surface area (Å²) in [5, 5.41) is 26.6. The van der Waals surface area contributed by atoms with Gasteiger partial charge >= 0.3 is 6.18 Å². The highest BCUT2D eigenvalue weighted by Gasteiger charge is 2.36. The Bertz CT molecular complexity index is 946. The minimum atomic E-state index is -4.48. The molecule has 0 saturated heterocycles. The Hall–Kier alpha value is -1.61. The molecule has 32 heavy (non-hydrogen) atoms. The molecular weight excluding hydrogens is 437 g/mol. The zero-order valence-corrected chi connectivity index (χ0v) is 20.2. The fourth-order valence-electron chi connectivity index (χ4n) is 4.38. The van der Waals surface area contributed by atoms with E-state index in [0.717, 1.165) is 17.8 Å². The summed E-state index contributed by atoms with van der Waals surface area (Å²) >= 11 is 1.25. The first kappa shape index (κ1) is 26.6. The van der Waals surface area contributed by atoms with Crippen molar-refractivity contribution in [1.29, 1.82) is 0 Å². The second kappa shape index (κ2) is 10.1. The zero-order chi connectivity index (χ0) is 24.4. The number of nitrogens with two attached hydrogens (primary N) is 1. The van der Waals surface area contributed by atoms with Crippen LogP contribution in [-0.4, -0.2) is 21.5 Å². The molecule has 8 heteroatoms. The number of benzene rings is 1. The van der Waals surface area contributed by atoms with Gasteiger partial charge in [-0.2, -0.15) is 13.2 Å². The van der Waals surface area contributed by atoms with Crippen molar-refractivity contribution in [3.8, 4) is 0 Å². The van der Waals surface area contributed by atoms with Gasteiger partial charge in [0.2, 0.25) is 0 Å². The third-order valence-corrected chi connectivity index (χ3v) is 5.73. The van der Waals surface area contributed by atoms with Crippen molar-refractivity contribution in [2.75, 3.05) is 6.26 Å². The van der Waals surface area contributed by atoms with Crippen LogP contribution < -0.4 is 5.14 Å². The summed E-state index contributed by atoms with van der Waals surface area (Å²) in [5.74, 6) is -0.0309. The van der Waals surface area contributed by atoms with Crippen LogP contribution in [0.3, 0.4) is 0 Å². The highest BCUT2D eigenvalue weighted by molar-refractivity contribution is 7.96. The highest BCUT2D eigenvalue weighted by atomic mass is 32.2. The van der Waals surface area contributed by atoms with E-state index in [0.29, 0.717) is 35.2 Å². The molecule has 0 fully saturated rings. The number of fused-ring (bicyclic) bond motifs is 1. The minimum absolute atomic E-state index is 0.0309. The fourth-order valence-corrected chi connectivity index (χ4v) is 4.38. The van der Waals surface area contributed by atoms with Crippen molar-refractivity contribution in [3.05, 3.63) is 63.5 Å². The van der Waals surface area contributed by atoms with Gasteiger partial charge in [0.1, 0.15) is 6.10 Å². The Morgan fingerprint density at radius 1 is 1.25 bits per heavy atom. The third kappa shape index (κ3) is 5.84. The van der Waals surface area contributed by atoms with E-state index in [-0.39, 0.29) is 16.9 Å². The molecule has 1 aromatic carbocycles. The number of alkyl halides is 3. The molecule has 2 atom stereocenters. The van der Waals surface area contributed by atoms with Crippen molar-refractivity contribution in [2.45, 2.75) is 71.8 Å². The van der Waals surface area contributed by atoms with Crippen LogP contribution in [0.2, 0.25) is 0 Å². The normalized spacial score (nSPS) is 18.6. The van der Waals surface area contributed by atoms with E-state index in [1.165, 1.54) is 24.1 Å². The lowest BCUT2D eigenvalue weighted by Gasteiger charge is -2.36. The summed E-state index contributed by atoms with van der Waals surface area (Å²) in [6, 6.07) is 4.76. The van der Waals surface area contributed by atoms with Crippen molar-refractivity contribution in [2.24, 2.45) is 10.6 Å². The van der Waals surface area contributed by atoms with Crippen molar-refractivity contribution >= 4 is 11.9 Å². The number of aromatic nitrogens is 1. The Balaban J connectivity index is 0.00000114. The molecule has 2 aromatic rings. The molecule has 1 heterocycles. The molecule has 1 aliphatic rings. The Morgan fingerprint density at radius 3 is 2.38 bits per heavy atom. The molecule has 0 radical (unpaired) electrons. The average molecular weight is 471 g/mol. The van der Waals surface area contributed by atoms with Crippen LogP contribution in [0, 0.1) is 12.3 Å². The summed E-state index contributed by atoms with van der Waals surface area (Å²) < 4.78 is 39.4. The van der Waals surface area contributed by atoms with Crippen LogP contribution >= 0.6 is 11.9 Å². The van der Waals surface area contributed by atoms with E-state index in [4.69, 9.17) is 10.1 Å². The Kier molecular flexibility index (Phi) is 8.42. The lowest BCUT2D eigenvalue weighted by atomic mass is 9.72. The van der Waals surface area contributed by atoms with Crippen LogP contribution in [0.15, 0.2) is 24.3 Å². The molecule has 4 nitrogen and oxygen atoms in total. The number of halogens is 3. The van der Waals surface area contributed by atoms with Crippen LogP contribution in [0.1, 0.15) is 91.4 Å². The number of hydrogen-bond donors (Lipinski definition) is 3. The van der Waals surface area contributed by atoms with Gasteiger partial charge in [0.15, 0.2) is 0 Å². The summed E-state index contributed by atoms with van der Waals surface area (Å²) in [5.41, 5.74) is 2.66. The molecule has 1 aliphatic carbocycles. The summed E-state index contributed by atoms with van der Waals surface area (Å²) in [6.45, 7) is 9.87. The number of nitrogens with zero attached hydrogens (tertiary/aromatic N) is 1. The van der Waals surface area contributed by atoms with Gasteiger partial charge in [0, 0.05) is 22.5 Å². The van der Waals surface area contributed by atoms with Gasteiger partial charge in [-0.1, -0.05) is 51.8 Å². The van der Waals surface area contributed by atoms with Gasteiger partial charge in [-0.15, -0.1) is 0 Å². The van der Waals surface area contributed by atoms with E-state index in [1.54, 1.807) is 0 Å². The first-order valence-electron chi connectivity index (χ1n) is 10.5. The van der Waals surface area contributed by atoms with Gasteiger partial charge in [-0.05, 0) is 60.6 Å². The predicted molar refractivity (Wildman–Crippen MR) is 123 cm³/mol. The molecule has 0 bridgehead atoms. The first-order valence-corrected chi connectivity index (χ1v) is 11.8. The monoisotopic (exact) mass is 470 g/mol. The molecule has 0 spiro atoms. The van der Waals surface area contributed by atoms with Crippen molar-refractivity contribution < 1.29 is 23.4 Å². The van der Waals surface area contributed by atoms with Gasteiger partial charge in [0.25, 0.3) is 0 Å². The largest absolute Gasteiger partial charge is 0.416 e. The predicted octanol–water partition coefficient (Wildman–Crippen LogP) is 5.84. The van der Waals surface area contributed by atoms with Crippen LogP contribution in [0.5, 0.6) is 0 Å². The summed E-state index contributed by atoms with van der Waals surface area (Å²) in [7, 11) is 0. The zero-order valence-electron chi connectivity index (χ0n) is 19.4. The third-order valence-electron chi connectivity index (χ3n) is 5.73. The van der Waals surface area contributed by atoms with Gasteiger partial charge in [-0.3, -0.25) is 10.1 Å². The van der Waals surface area contributed by atoms with Gasteiger partial charge < -0.3 is 10.2 Å². The maximum absolute atomic E-state index is 13.1. The van der Waals surface area contributed by atoms with E-state index >= 15 is 0 Å². The number of rotatable bonds is 3. The molecule has 0 amide bonds. The maximum atomic E-state index is 13.1. The van der Waals surface area contributed by atoms with Crippen LogP contribution in [0.25, 0.3) is 0 Å². The quantitative estimate of drug-likeness (QED) is 0.491. The maximum Gasteiger partial charge on any atom is 0.416 e. The smallest absolute Gasteiger partial charge is 0.388 e. The molecular formula is C24H33F3N2O2S. The van der Waals surface area contributed by atoms with Gasteiger partial charge in [-0.25, -0.2) is 0 Å². The van der Waals surface area contributed by atoms with E-state index in [9.17, 15) is 23.4 Å². The standard InChI is InChI=1S/C23H28F3NO2.CH5NS/c1-12(2)20-19(21(29)14-7-6-8-15(9-14)23(24,25)26)13(3)18-16(27-20)10-22(4,5)11-17(18)28;1-3-2/h6-9,12,17,21,28-29H,10-11H2,1-5H3;2H2,1H3. The SMILES string of the molecule is CSN.Cc1c2c(nc(C(C)C)c1C(O)c1cccc(C(F)(F)F)c1)CC(C)(C)CC2O. The van der Waals surface area contributed by atoms with Crippen LogP contribution in [-0.2, 0) is 12.6 Å². The molecule has 0 aliphatic heterocycles. The second-order valence-electron chi connectivity index (χ2n) is 9.37. The molecule has 1 aromatic heterocycles. The lowest BCUT2D eigenvalue weighted by Crippen LogP contribution is -2.29. The topological polar surface area (TPSA) is 79.4 Å². The number of aliphatic hydroxyl groups excluding tert-OH is 2. The van der Waals surface area contributed by atoms with Crippen molar-refractivity contribution in [3.63, 3.8) is 0 Å². The van der Waals surface area contributed by atoms with E-state index in [1.807, 2.05) is 27.0 Å². The number of aliphatic hydroxyl groups is 2. The van der Waals surface area contributed by atoms with E-state index in [2.05, 4.69) is 13.8 Å². The Morgan fingerprint density at radius 2 is 1.84 bits per heavy atom. The number of pyridine rings is 1. The molecule has 0 saturated carbocycles. The summed E-state index contributed by atoms with van der Waals surface area (Å²) in [4.78, 5) is 4.80. The van der Waals surface area contributed by atoms with Crippen molar-refractivity contribution in [1.82, 2.24) is 4.98 Å². The highest BCUT2D eigenvalue weighted by Crippen LogP contribution is 2.45. The molecule has 4 N–H and O–H groups in total. The number of hydrogen-bond acceptors (Lipinski definition) is 5. The minimum Gasteiger partial charge on any atom is -0.388 e. The second-order valence-corrected chi connectivity index (χ2v) is 9.84. The molecule has 3 rings (SSSR count). The molecule has 2 unspecified atom stereocenters. The van der Waals surface area contributed by atoms with Gasteiger partial charge in [0.05, 0.1) is 11.7 Å². The van der Waals surface area contributed by atoms with E-state index < -0.39 is 23.9 Å². The fraction of sp³-hybridized carbons (Fsp3) is 0.542.